The molecule has 0 amide bonds. The highest BCUT2D eigenvalue weighted by atomic mass is 79.9. The molecule has 0 aromatic heterocycles. The Morgan fingerprint density at radius 3 is 2.52 bits per heavy atom. The lowest BCUT2D eigenvalue weighted by atomic mass is 9.77. The van der Waals surface area contributed by atoms with E-state index in [9.17, 15) is 0 Å². The quantitative estimate of drug-likeness (QED) is 0.847. The average Bonchev–Trinajstić information content (AvgIpc) is 2.65. The Morgan fingerprint density at radius 2 is 1.90 bits per heavy atom. The number of benzene rings is 1. The molecule has 0 spiro atoms. The van der Waals surface area contributed by atoms with E-state index in [-0.39, 0.29) is 0 Å². The number of rotatable bonds is 5. The van der Waals surface area contributed by atoms with Gasteiger partial charge in [-0.15, -0.1) is 0 Å². The van der Waals surface area contributed by atoms with Gasteiger partial charge >= 0.3 is 0 Å². The fourth-order valence-corrected chi connectivity index (χ4v) is 3.61. The zero-order chi connectivity index (χ0) is 14.7. The molecule has 1 atom stereocenters. The first kappa shape index (κ1) is 15.2. The molecule has 0 radical (unpaired) electrons. The maximum absolute atomic E-state index is 5.86. The predicted molar refractivity (Wildman–Crippen MR) is 88.1 cm³/mol. The average molecular weight is 354 g/mol. The van der Waals surface area contributed by atoms with E-state index >= 15 is 0 Å². The van der Waals surface area contributed by atoms with Crippen LogP contribution in [0.5, 0.6) is 11.5 Å². The van der Waals surface area contributed by atoms with E-state index in [0.29, 0.717) is 6.04 Å². The number of fused-ring (bicyclic) bond motifs is 1. The van der Waals surface area contributed by atoms with Crippen molar-refractivity contribution in [2.24, 2.45) is 5.92 Å². The molecular formula is C17H24BrNO2. The van der Waals surface area contributed by atoms with Gasteiger partial charge in [0, 0.05) is 16.9 Å². The Morgan fingerprint density at radius 1 is 1.19 bits per heavy atom. The van der Waals surface area contributed by atoms with Crippen molar-refractivity contribution in [2.45, 2.75) is 45.1 Å². The molecule has 116 valence electrons. The molecule has 1 aromatic rings. The normalized spacial score (nSPS) is 19.7. The van der Waals surface area contributed by atoms with E-state index in [1.807, 2.05) is 0 Å². The molecule has 1 heterocycles. The molecule has 1 saturated carbocycles. The highest BCUT2D eigenvalue weighted by Gasteiger charge is 2.30. The van der Waals surface area contributed by atoms with Gasteiger partial charge in [0.05, 0.1) is 13.2 Å². The maximum atomic E-state index is 5.86. The Bertz CT molecular complexity index is 488. The molecule has 2 aliphatic rings. The Labute approximate surface area is 135 Å². The van der Waals surface area contributed by atoms with Gasteiger partial charge in [-0.05, 0) is 49.4 Å². The number of nitrogens with one attached hydrogen (secondary N) is 1. The summed E-state index contributed by atoms with van der Waals surface area (Å²) in [5.74, 6) is 2.51. The summed E-state index contributed by atoms with van der Waals surface area (Å²) in [5, 5.41) is 3.72. The van der Waals surface area contributed by atoms with Gasteiger partial charge in [-0.3, -0.25) is 0 Å². The number of halogens is 1. The molecule has 4 heteroatoms. The van der Waals surface area contributed by atoms with Crippen LogP contribution in [0.25, 0.3) is 0 Å². The minimum atomic E-state index is 0.422. The largest absolute Gasteiger partial charge is 0.490 e. The summed E-state index contributed by atoms with van der Waals surface area (Å²) in [6.07, 6.45) is 6.11. The third-order valence-electron chi connectivity index (χ3n) is 4.44. The second-order valence-corrected chi connectivity index (χ2v) is 6.85. The monoisotopic (exact) mass is 353 g/mol. The highest BCUT2D eigenvalue weighted by Crippen LogP contribution is 2.44. The fourth-order valence-electron chi connectivity index (χ4n) is 3.04. The van der Waals surface area contributed by atoms with Crippen molar-refractivity contribution in [2.75, 3.05) is 19.8 Å². The van der Waals surface area contributed by atoms with Crippen molar-refractivity contribution in [3.63, 3.8) is 0 Å². The zero-order valence-corrected chi connectivity index (χ0v) is 14.2. The van der Waals surface area contributed by atoms with Crippen molar-refractivity contribution in [1.29, 1.82) is 0 Å². The van der Waals surface area contributed by atoms with E-state index in [4.69, 9.17) is 9.47 Å². The van der Waals surface area contributed by atoms with Crippen LogP contribution < -0.4 is 14.8 Å². The molecule has 1 aliphatic carbocycles. The van der Waals surface area contributed by atoms with Gasteiger partial charge in [0.25, 0.3) is 0 Å². The molecule has 1 unspecified atom stereocenters. The van der Waals surface area contributed by atoms with Gasteiger partial charge < -0.3 is 14.8 Å². The van der Waals surface area contributed by atoms with Crippen LogP contribution in [0.1, 0.15) is 50.6 Å². The van der Waals surface area contributed by atoms with Crippen LogP contribution in [-0.2, 0) is 0 Å². The van der Waals surface area contributed by atoms with Crippen molar-refractivity contribution in [3.8, 4) is 11.5 Å². The van der Waals surface area contributed by atoms with Crippen LogP contribution >= 0.6 is 15.9 Å². The molecule has 1 N–H and O–H groups in total. The van der Waals surface area contributed by atoms with E-state index in [2.05, 4.69) is 40.3 Å². The zero-order valence-electron chi connectivity index (χ0n) is 12.7. The van der Waals surface area contributed by atoms with Gasteiger partial charge in [-0.1, -0.05) is 29.3 Å². The SMILES string of the molecule is CCCNC(c1cc2c(cc1Br)OCCCO2)C1CCC1. The number of hydrogen-bond donors (Lipinski definition) is 1. The van der Waals surface area contributed by atoms with E-state index in [1.165, 1.54) is 24.8 Å². The number of ether oxygens (including phenoxy) is 2. The van der Waals surface area contributed by atoms with Crippen LogP contribution in [0.2, 0.25) is 0 Å². The molecule has 1 aromatic carbocycles. The molecule has 0 saturated heterocycles. The molecule has 1 fully saturated rings. The second-order valence-electron chi connectivity index (χ2n) is 5.99. The van der Waals surface area contributed by atoms with E-state index in [0.717, 1.165) is 54.5 Å². The molecule has 1 aliphatic heterocycles. The van der Waals surface area contributed by atoms with Gasteiger partial charge in [-0.25, -0.2) is 0 Å². The lowest BCUT2D eigenvalue weighted by Crippen LogP contribution is -2.33. The predicted octanol–water partition coefficient (Wildman–Crippen LogP) is 4.45. The molecule has 21 heavy (non-hydrogen) atoms. The lowest BCUT2D eigenvalue weighted by Gasteiger charge is -2.35. The minimum Gasteiger partial charge on any atom is -0.490 e. The van der Waals surface area contributed by atoms with Gasteiger partial charge in [-0.2, -0.15) is 0 Å². The Balaban J connectivity index is 1.89. The van der Waals surface area contributed by atoms with Crippen LogP contribution in [0.4, 0.5) is 0 Å². The lowest BCUT2D eigenvalue weighted by molar-refractivity contribution is 0.230. The Kier molecular flexibility index (Phi) is 5.07. The Hall–Kier alpha value is -0.740. The van der Waals surface area contributed by atoms with Crippen LogP contribution in [0.15, 0.2) is 16.6 Å². The van der Waals surface area contributed by atoms with Gasteiger partial charge in [0.2, 0.25) is 0 Å². The number of hydrogen-bond acceptors (Lipinski definition) is 3. The first-order valence-electron chi connectivity index (χ1n) is 8.12. The summed E-state index contributed by atoms with van der Waals surface area (Å²) in [5.41, 5.74) is 1.32. The first-order chi connectivity index (χ1) is 10.3. The van der Waals surface area contributed by atoms with Gasteiger partial charge in [0.1, 0.15) is 0 Å². The van der Waals surface area contributed by atoms with Crippen LogP contribution in [-0.4, -0.2) is 19.8 Å². The smallest absolute Gasteiger partial charge is 0.162 e. The van der Waals surface area contributed by atoms with E-state index in [1.54, 1.807) is 0 Å². The summed E-state index contributed by atoms with van der Waals surface area (Å²) in [4.78, 5) is 0. The molecule has 0 bridgehead atoms. The minimum absolute atomic E-state index is 0.422. The third kappa shape index (κ3) is 3.37. The first-order valence-corrected chi connectivity index (χ1v) is 8.91. The highest BCUT2D eigenvalue weighted by molar-refractivity contribution is 9.10. The molecule has 3 rings (SSSR count). The molecule has 3 nitrogen and oxygen atoms in total. The maximum Gasteiger partial charge on any atom is 0.162 e. The van der Waals surface area contributed by atoms with Crippen molar-refractivity contribution in [1.82, 2.24) is 5.32 Å². The van der Waals surface area contributed by atoms with Crippen molar-refractivity contribution in [3.05, 3.63) is 22.2 Å². The summed E-state index contributed by atoms with van der Waals surface area (Å²) < 4.78 is 12.8. The standard InChI is InChI=1S/C17H24BrNO2/c1-2-7-19-17(12-5-3-6-12)13-10-15-16(11-14(13)18)21-9-4-8-20-15/h10-12,17,19H,2-9H2,1H3. The van der Waals surface area contributed by atoms with Crippen LogP contribution in [0.3, 0.4) is 0 Å². The summed E-state index contributed by atoms with van der Waals surface area (Å²) in [6.45, 7) is 4.75. The second kappa shape index (κ2) is 7.01. The summed E-state index contributed by atoms with van der Waals surface area (Å²) in [7, 11) is 0. The molecular weight excluding hydrogens is 330 g/mol. The van der Waals surface area contributed by atoms with E-state index < -0.39 is 0 Å². The fraction of sp³-hybridized carbons (Fsp3) is 0.647. The topological polar surface area (TPSA) is 30.5 Å². The third-order valence-corrected chi connectivity index (χ3v) is 5.12. The van der Waals surface area contributed by atoms with Gasteiger partial charge in [0.15, 0.2) is 11.5 Å². The van der Waals surface area contributed by atoms with Crippen molar-refractivity contribution >= 4 is 15.9 Å². The summed E-state index contributed by atoms with van der Waals surface area (Å²) >= 11 is 3.74. The summed E-state index contributed by atoms with van der Waals surface area (Å²) in [6, 6.07) is 4.68. The van der Waals surface area contributed by atoms with Crippen LogP contribution in [0, 0.1) is 5.92 Å². The van der Waals surface area contributed by atoms with Crippen molar-refractivity contribution < 1.29 is 9.47 Å².